The second kappa shape index (κ2) is 7.88. The fourth-order valence-corrected chi connectivity index (χ4v) is 2.75. The predicted octanol–water partition coefficient (Wildman–Crippen LogP) is 3.88. The van der Waals surface area contributed by atoms with Crippen molar-refractivity contribution in [2.24, 2.45) is 0 Å². The minimum atomic E-state index is -0.942. The number of nitrogens with zero attached hydrogens (tertiary/aromatic N) is 1. The molecule has 0 spiro atoms. The van der Waals surface area contributed by atoms with Gasteiger partial charge in [0.1, 0.15) is 5.82 Å². The summed E-state index contributed by atoms with van der Waals surface area (Å²) in [7, 11) is 0. The highest BCUT2D eigenvalue weighted by Gasteiger charge is 2.11. The van der Waals surface area contributed by atoms with Gasteiger partial charge in [-0.15, -0.1) is 0 Å². The van der Waals surface area contributed by atoms with Gasteiger partial charge in [0, 0.05) is 23.5 Å². The number of pyridine rings is 1. The highest BCUT2D eigenvalue weighted by atomic mass is 32.2. The summed E-state index contributed by atoms with van der Waals surface area (Å²) in [5.41, 5.74) is 0.246. The largest absolute Gasteiger partial charge is 0.478 e. The number of carboxylic acid groups (broad SMARTS) is 1. The molecule has 0 fully saturated rings. The molecule has 0 bridgehead atoms. The van der Waals surface area contributed by atoms with Crippen molar-refractivity contribution >= 4 is 34.3 Å². The number of fused-ring (bicyclic) bond motifs is 1. The summed E-state index contributed by atoms with van der Waals surface area (Å²) in [4.78, 5) is 15.5. The van der Waals surface area contributed by atoms with Gasteiger partial charge in [0.2, 0.25) is 0 Å². The minimum Gasteiger partial charge on any atom is -0.478 e. The van der Waals surface area contributed by atoms with E-state index < -0.39 is 5.97 Å². The molecule has 4 nitrogen and oxygen atoms in total. The number of benzene rings is 1. The number of aromatic carboxylic acids is 1. The molecule has 0 saturated heterocycles. The zero-order valence-electron chi connectivity index (χ0n) is 12.1. The fraction of sp³-hybridized carbons (Fsp3) is 0.375. The normalized spacial score (nSPS) is 10.7. The van der Waals surface area contributed by atoms with Crippen molar-refractivity contribution in [3.63, 3.8) is 0 Å². The van der Waals surface area contributed by atoms with Gasteiger partial charge in [0.25, 0.3) is 0 Å². The molecule has 2 N–H and O–H groups in total. The lowest BCUT2D eigenvalue weighted by Gasteiger charge is -2.10. The molecule has 1 aromatic heterocycles. The molecule has 1 heterocycles. The molecule has 0 aliphatic carbocycles. The Morgan fingerprint density at radius 2 is 2.00 bits per heavy atom. The Morgan fingerprint density at radius 3 is 2.71 bits per heavy atom. The Bertz CT molecular complexity index is 616. The van der Waals surface area contributed by atoms with E-state index in [1.54, 1.807) is 0 Å². The molecule has 5 heteroatoms. The molecule has 0 atom stereocenters. The maximum absolute atomic E-state index is 11.2. The second-order valence-electron chi connectivity index (χ2n) is 4.85. The van der Waals surface area contributed by atoms with Crippen LogP contribution in [-0.4, -0.2) is 34.6 Å². The van der Waals surface area contributed by atoms with Gasteiger partial charge >= 0.3 is 5.97 Å². The summed E-state index contributed by atoms with van der Waals surface area (Å²) in [6, 6.07) is 7.48. The molecule has 0 aliphatic rings. The topological polar surface area (TPSA) is 62.2 Å². The monoisotopic (exact) mass is 304 g/mol. The van der Waals surface area contributed by atoms with Gasteiger partial charge in [-0.1, -0.05) is 30.7 Å². The summed E-state index contributed by atoms with van der Waals surface area (Å²) < 4.78 is 0. The molecule has 0 radical (unpaired) electrons. The van der Waals surface area contributed by atoms with Crippen molar-refractivity contribution < 1.29 is 9.90 Å². The number of nitrogens with one attached hydrogen (secondary N) is 1. The molecule has 112 valence electrons. The molecule has 1 aromatic carbocycles. The van der Waals surface area contributed by atoms with Gasteiger partial charge in [-0.25, -0.2) is 9.78 Å². The SMILES string of the molecule is CSCCCCCNc1ncc(C(=O)O)c2ccccc12. The van der Waals surface area contributed by atoms with Crippen LogP contribution in [0.15, 0.2) is 30.5 Å². The van der Waals surface area contributed by atoms with Crippen LogP contribution in [0.3, 0.4) is 0 Å². The predicted molar refractivity (Wildman–Crippen MR) is 89.4 cm³/mol. The van der Waals surface area contributed by atoms with Gasteiger partial charge in [-0.05, 0) is 24.9 Å². The molecule has 0 unspecified atom stereocenters. The fourth-order valence-electron chi connectivity index (χ4n) is 2.26. The Morgan fingerprint density at radius 1 is 1.24 bits per heavy atom. The van der Waals surface area contributed by atoms with Gasteiger partial charge in [0.05, 0.1) is 5.56 Å². The Labute approximate surface area is 129 Å². The molecule has 2 aromatic rings. The van der Waals surface area contributed by atoms with Crippen LogP contribution in [0.1, 0.15) is 29.6 Å². The lowest BCUT2D eigenvalue weighted by molar-refractivity contribution is 0.0698. The smallest absolute Gasteiger partial charge is 0.337 e. The zero-order valence-corrected chi connectivity index (χ0v) is 12.9. The van der Waals surface area contributed by atoms with Gasteiger partial charge in [0.15, 0.2) is 0 Å². The number of carboxylic acids is 1. The van der Waals surface area contributed by atoms with Crippen LogP contribution in [0.4, 0.5) is 5.82 Å². The number of hydrogen-bond donors (Lipinski definition) is 2. The number of carbonyl (C=O) groups is 1. The van der Waals surface area contributed by atoms with Crippen LogP contribution < -0.4 is 5.32 Å². The van der Waals surface area contributed by atoms with E-state index in [1.165, 1.54) is 24.8 Å². The van der Waals surface area contributed by atoms with Crippen molar-refractivity contribution in [3.05, 3.63) is 36.0 Å². The Hall–Kier alpha value is -1.75. The summed E-state index contributed by atoms with van der Waals surface area (Å²) in [5, 5.41) is 14.1. The molecular weight excluding hydrogens is 284 g/mol. The van der Waals surface area contributed by atoms with Crippen molar-refractivity contribution in [2.75, 3.05) is 23.9 Å². The molecule has 0 amide bonds. The first-order valence-corrected chi connectivity index (χ1v) is 8.47. The first-order valence-electron chi connectivity index (χ1n) is 7.08. The summed E-state index contributed by atoms with van der Waals surface area (Å²) >= 11 is 1.87. The first-order chi connectivity index (χ1) is 10.2. The lowest BCUT2D eigenvalue weighted by atomic mass is 10.1. The van der Waals surface area contributed by atoms with Crippen LogP contribution >= 0.6 is 11.8 Å². The lowest BCUT2D eigenvalue weighted by Crippen LogP contribution is -2.06. The highest BCUT2D eigenvalue weighted by molar-refractivity contribution is 7.98. The zero-order chi connectivity index (χ0) is 15.1. The van der Waals surface area contributed by atoms with E-state index in [1.807, 2.05) is 36.0 Å². The number of unbranched alkanes of at least 4 members (excludes halogenated alkanes) is 2. The average molecular weight is 304 g/mol. The maximum Gasteiger partial charge on any atom is 0.337 e. The summed E-state index contributed by atoms with van der Waals surface area (Å²) in [6.07, 6.45) is 7.07. The molecule has 0 aliphatic heterocycles. The standard InChI is InChI=1S/C16H20N2O2S/c1-21-10-6-2-5-9-17-15-13-8-4-3-7-12(13)14(11-18-15)16(19)20/h3-4,7-8,11H,2,5-6,9-10H2,1H3,(H,17,18)(H,19,20). The number of rotatable bonds is 8. The molecule has 2 rings (SSSR count). The third-order valence-electron chi connectivity index (χ3n) is 3.34. The third kappa shape index (κ3) is 4.11. The van der Waals surface area contributed by atoms with Crippen molar-refractivity contribution in [1.29, 1.82) is 0 Å². The van der Waals surface area contributed by atoms with Gasteiger partial charge < -0.3 is 10.4 Å². The van der Waals surface area contributed by atoms with Crippen LogP contribution in [0.25, 0.3) is 10.8 Å². The quantitative estimate of drug-likeness (QED) is 0.725. The number of aromatic nitrogens is 1. The van der Waals surface area contributed by atoms with Crippen molar-refractivity contribution in [2.45, 2.75) is 19.3 Å². The van der Waals surface area contributed by atoms with Crippen LogP contribution in [0.5, 0.6) is 0 Å². The maximum atomic E-state index is 11.2. The van der Waals surface area contributed by atoms with E-state index in [2.05, 4.69) is 16.6 Å². The van der Waals surface area contributed by atoms with Crippen LogP contribution in [-0.2, 0) is 0 Å². The van der Waals surface area contributed by atoms with Crippen LogP contribution in [0.2, 0.25) is 0 Å². The van der Waals surface area contributed by atoms with Gasteiger partial charge in [-0.2, -0.15) is 11.8 Å². The van der Waals surface area contributed by atoms with E-state index in [9.17, 15) is 9.90 Å². The van der Waals surface area contributed by atoms with E-state index in [0.717, 1.165) is 29.6 Å². The Balaban J connectivity index is 2.07. The first kappa shape index (κ1) is 15.6. The van der Waals surface area contributed by atoms with E-state index in [-0.39, 0.29) is 5.56 Å². The Kier molecular flexibility index (Phi) is 5.87. The van der Waals surface area contributed by atoms with E-state index in [4.69, 9.17) is 0 Å². The number of thioether (sulfide) groups is 1. The third-order valence-corrected chi connectivity index (χ3v) is 4.04. The van der Waals surface area contributed by atoms with E-state index in [0.29, 0.717) is 0 Å². The molecule has 21 heavy (non-hydrogen) atoms. The number of hydrogen-bond acceptors (Lipinski definition) is 4. The van der Waals surface area contributed by atoms with E-state index >= 15 is 0 Å². The summed E-state index contributed by atoms with van der Waals surface area (Å²) in [6.45, 7) is 0.859. The van der Waals surface area contributed by atoms with Crippen molar-refractivity contribution in [1.82, 2.24) is 4.98 Å². The van der Waals surface area contributed by atoms with Crippen LogP contribution in [0, 0.1) is 0 Å². The summed E-state index contributed by atoms with van der Waals surface area (Å²) in [5.74, 6) is 1.02. The second-order valence-corrected chi connectivity index (χ2v) is 5.84. The highest BCUT2D eigenvalue weighted by Crippen LogP contribution is 2.24. The minimum absolute atomic E-state index is 0.246. The average Bonchev–Trinajstić information content (AvgIpc) is 2.50. The molecule has 0 saturated carbocycles. The van der Waals surface area contributed by atoms with Gasteiger partial charge in [-0.3, -0.25) is 0 Å². The van der Waals surface area contributed by atoms with Crippen molar-refractivity contribution in [3.8, 4) is 0 Å². The molecular formula is C16H20N2O2S. The number of anilines is 1.